The summed E-state index contributed by atoms with van der Waals surface area (Å²) >= 11 is 18.3. The number of carbonyl (C=O) groups excluding carboxylic acids is 1. The van der Waals surface area contributed by atoms with Gasteiger partial charge in [0, 0.05) is 16.3 Å². The normalized spacial score (nSPS) is 10.5. The zero-order chi connectivity index (χ0) is 18.0. The molecule has 0 aliphatic heterocycles. The monoisotopic (exact) mass is 391 g/mol. The molecule has 126 valence electrons. The average molecular weight is 393 g/mol. The number of nitrogens with one attached hydrogen (secondary N) is 1. The first kappa shape index (κ1) is 17.6. The Morgan fingerprint density at radius 2 is 1.56 bits per heavy atom. The summed E-state index contributed by atoms with van der Waals surface area (Å²) in [6.07, 6.45) is 0. The molecule has 25 heavy (non-hydrogen) atoms. The Balaban J connectivity index is 2.06. The molecule has 0 aliphatic carbocycles. The third-order valence-corrected chi connectivity index (χ3v) is 4.64. The Morgan fingerprint density at radius 3 is 2.20 bits per heavy atom. The quantitative estimate of drug-likeness (QED) is 0.551. The molecule has 0 saturated carbocycles. The highest BCUT2D eigenvalue weighted by atomic mass is 35.5. The minimum Gasteiger partial charge on any atom is -0.506 e. The second-order valence-electron chi connectivity index (χ2n) is 5.27. The number of halogens is 3. The maximum atomic E-state index is 12.5. The fraction of sp³-hybridized carbons (Fsp3) is 0. The first-order valence-corrected chi connectivity index (χ1v) is 8.44. The molecule has 1 amide bonds. The van der Waals surface area contributed by atoms with Crippen LogP contribution >= 0.6 is 34.8 Å². The summed E-state index contributed by atoms with van der Waals surface area (Å²) in [7, 11) is 0. The molecule has 0 radical (unpaired) electrons. The summed E-state index contributed by atoms with van der Waals surface area (Å²) < 4.78 is 0. The highest BCUT2D eigenvalue weighted by Crippen LogP contribution is 2.43. The number of phenols is 1. The summed E-state index contributed by atoms with van der Waals surface area (Å²) in [4.78, 5) is 12.5. The van der Waals surface area contributed by atoms with E-state index in [1.54, 1.807) is 48.5 Å². The Hall–Kier alpha value is -2.20. The highest BCUT2D eigenvalue weighted by molar-refractivity contribution is 6.44. The molecule has 3 aromatic carbocycles. The van der Waals surface area contributed by atoms with Crippen molar-refractivity contribution in [1.29, 1.82) is 0 Å². The van der Waals surface area contributed by atoms with Gasteiger partial charge in [-0.15, -0.1) is 0 Å². The number of aromatic hydroxyl groups is 1. The summed E-state index contributed by atoms with van der Waals surface area (Å²) in [5.74, 6) is -0.734. The van der Waals surface area contributed by atoms with Gasteiger partial charge in [-0.25, -0.2) is 0 Å². The number of carbonyl (C=O) groups is 1. The summed E-state index contributed by atoms with van der Waals surface area (Å²) in [6, 6.07) is 17.0. The number of para-hydroxylation sites is 1. The van der Waals surface area contributed by atoms with Crippen molar-refractivity contribution in [3.63, 3.8) is 0 Å². The molecule has 0 fully saturated rings. The number of hydrogen-bond donors (Lipinski definition) is 2. The predicted octanol–water partition coefficient (Wildman–Crippen LogP) is 6.27. The molecule has 0 aromatic heterocycles. The van der Waals surface area contributed by atoms with E-state index in [-0.39, 0.29) is 26.9 Å². The minimum atomic E-state index is -0.488. The molecule has 3 rings (SSSR count). The number of hydrogen-bond acceptors (Lipinski definition) is 2. The van der Waals surface area contributed by atoms with Crippen molar-refractivity contribution < 1.29 is 9.90 Å². The third kappa shape index (κ3) is 3.74. The molecule has 6 heteroatoms. The fourth-order valence-electron chi connectivity index (χ4n) is 2.39. The number of phenolic OH excluding ortho intramolecular Hbond substituents is 1. The van der Waals surface area contributed by atoms with E-state index in [1.165, 1.54) is 6.07 Å². The van der Waals surface area contributed by atoms with E-state index in [9.17, 15) is 9.90 Å². The van der Waals surface area contributed by atoms with Crippen molar-refractivity contribution in [3.8, 4) is 16.9 Å². The van der Waals surface area contributed by atoms with Gasteiger partial charge in [-0.2, -0.15) is 0 Å². The van der Waals surface area contributed by atoms with Crippen LogP contribution in [-0.2, 0) is 0 Å². The van der Waals surface area contributed by atoms with Crippen molar-refractivity contribution in [2.75, 3.05) is 5.32 Å². The topological polar surface area (TPSA) is 49.3 Å². The third-order valence-electron chi connectivity index (χ3n) is 3.60. The van der Waals surface area contributed by atoms with Gasteiger partial charge in [-0.05, 0) is 35.9 Å². The van der Waals surface area contributed by atoms with E-state index in [0.717, 1.165) is 0 Å². The lowest BCUT2D eigenvalue weighted by Gasteiger charge is -2.14. The van der Waals surface area contributed by atoms with Crippen molar-refractivity contribution in [3.05, 3.63) is 81.3 Å². The molecule has 0 heterocycles. The van der Waals surface area contributed by atoms with Gasteiger partial charge in [0.15, 0.2) is 0 Å². The van der Waals surface area contributed by atoms with Gasteiger partial charge in [0.25, 0.3) is 5.91 Å². The van der Waals surface area contributed by atoms with Crippen LogP contribution in [0, 0.1) is 0 Å². The first-order valence-electron chi connectivity index (χ1n) is 7.30. The van der Waals surface area contributed by atoms with E-state index in [1.807, 2.05) is 6.07 Å². The van der Waals surface area contributed by atoms with Crippen molar-refractivity contribution in [2.24, 2.45) is 0 Å². The van der Waals surface area contributed by atoms with E-state index >= 15 is 0 Å². The van der Waals surface area contributed by atoms with Crippen molar-refractivity contribution in [1.82, 2.24) is 0 Å². The van der Waals surface area contributed by atoms with Gasteiger partial charge in [0.05, 0.1) is 15.6 Å². The lowest BCUT2D eigenvalue weighted by Crippen LogP contribution is -2.12. The van der Waals surface area contributed by atoms with E-state index in [4.69, 9.17) is 34.8 Å². The van der Waals surface area contributed by atoms with Crippen LogP contribution in [0.25, 0.3) is 11.1 Å². The zero-order valence-corrected chi connectivity index (χ0v) is 15.0. The molecule has 0 saturated heterocycles. The largest absolute Gasteiger partial charge is 0.506 e. The molecular formula is C19H12Cl3NO2. The van der Waals surface area contributed by atoms with Crippen LogP contribution in [0.4, 0.5) is 5.69 Å². The molecule has 3 aromatic rings. The average Bonchev–Trinajstić information content (AvgIpc) is 2.60. The molecule has 2 N–H and O–H groups in total. The zero-order valence-electron chi connectivity index (χ0n) is 12.8. The number of benzene rings is 3. The van der Waals surface area contributed by atoms with Crippen molar-refractivity contribution in [2.45, 2.75) is 0 Å². The molecule has 3 nitrogen and oxygen atoms in total. The molecule has 0 spiro atoms. The maximum absolute atomic E-state index is 12.5. The van der Waals surface area contributed by atoms with Gasteiger partial charge in [-0.3, -0.25) is 4.79 Å². The SMILES string of the molecule is O=C(Nc1ccccc1)c1cc(Cl)c(Cl)c(-c2ccc(Cl)cc2)c1O. The number of amides is 1. The van der Waals surface area contributed by atoms with Gasteiger partial charge in [-0.1, -0.05) is 65.1 Å². The van der Waals surface area contributed by atoms with Crippen LogP contribution < -0.4 is 5.32 Å². The molecule has 0 atom stereocenters. The lowest BCUT2D eigenvalue weighted by molar-refractivity contribution is 0.102. The van der Waals surface area contributed by atoms with E-state index in [0.29, 0.717) is 16.3 Å². The second kappa shape index (κ2) is 7.36. The van der Waals surface area contributed by atoms with Gasteiger partial charge < -0.3 is 10.4 Å². The van der Waals surface area contributed by atoms with Crippen LogP contribution in [0.2, 0.25) is 15.1 Å². The predicted molar refractivity (Wildman–Crippen MR) is 103 cm³/mol. The highest BCUT2D eigenvalue weighted by Gasteiger charge is 2.21. The Morgan fingerprint density at radius 1 is 0.920 bits per heavy atom. The number of rotatable bonds is 3. The maximum Gasteiger partial charge on any atom is 0.259 e. The minimum absolute atomic E-state index is 0.0307. The van der Waals surface area contributed by atoms with E-state index < -0.39 is 5.91 Å². The van der Waals surface area contributed by atoms with Crippen LogP contribution in [0.1, 0.15) is 10.4 Å². The summed E-state index contributed by atoms with van der Waals surface area (Å²) in [5.41, 5.74) is 1.52. The smallest absolute Gasteiger partial charge is 0.259 e. The lowest BCUT2D eigenvalue weighted by atomic mass is 10.0. The van der Waals surface area contributed by atoms with Crippen molar-refractivity contribution >= 4 is 46.4 Å². The molecular weight excluding hydrogens is 381 g/mol. The van der Waals surface area contributed by atoms with Crippen LogP contribution in [-0.4, -0.2) is 11.0 Å². The summed E-state index contributed by atoms with van der Waals surface area (Å²) in [5, 5.41) is 14.2. The second-order valence-corrected chi connectivity index (χ2v) is 6.49. The molecule has 0 aliphatic rings. The Labute approximate surface area is 159 Å². The number of anilines is 1. The van der Waals surface area contributed by atoms with Gasteiger partial charge in [0.2, 0.25) is 0 Å². The van der Waals surface area contributed by atoms with Gasteiger partial charge >= 0.3 is 0 Å². The first-order chi connectivity index (χ1) is 12.0. The van der Waals surface area contributed by atoms with Gasteiger partial charge in [0.1, 0.15) is 5.75 Å². The molecule has 0 unspecified atom stereocenters. The summed E-state index contributed by atoms with van der Waals surface area (Å²) in [6.45, 7) is 0. The Bertz CT molecular complexity index is 926. The van der Waals surface area contributed by atoms with Crippen LogP contribution in [0.5, 0.6) is 5.75 Å². The fourth-order valence-corrected chi connectivity index (χ4v) is 2.97. The molecule has 0 bridgehead atoms. The van der Waals surface area contributed by atoms with Crippen LogP contribution in [0.3, 0.4) is 0 Å². The Kier molecular flexibility index (Phi) is 5.19. The van der Waals surface area contributed by atoms with E-state index in [2.05, 4.69) is 5.32 Å². The standard InChI is InChI=1S/C19H12Cl3NO2/c20-12-8-6-11(7-9-12)16-17(22)15(21)10-14(18(16)24)19(25)23-13-4-2-1-3-5-13/h1-10,24H,(H,23,25). The van der Waals surface area contributed by atoms with Crippen LogP contribution in [0.15, 0.2) is 60.7 Å².